The molecule has 0 saturated carbocycles. The zero-order chi connectivity index (χ0) is 11.1. The third-order valence-electron chi connectivity index (χ3n) is 2.21. The Hall–Kier alpha value is -1.53. The summed E-state index contributed by atoms with van der Waals surface area (Å²) in [5.41, 5.74) is 0.407. The number of aromatic amines is 1. The van der Waals surface area contributed by atoms with E-state index in [2.05, 4.69) is 9.71 Å². The maximum absolute atomic E-state index is 11.6. The number of para-hydroxylation sites is 1. The van der Waals surface area contributed by atoms with E-state index in [0.29, 0.717) is 10.9 Å². The Morgan fingerprint density at radius 1 is 1.40 bits per heavy atom. The number of nitrogens with one attached hydrogen (secondary N) is 2. The van der Waals surface area contributed by atoms with E-state index in [0.717, 1.165) is 0 Å². The monoisotopic (exact) mass is 226 g/mol. The highest BCUT2D eigenvalue weighted by molar-refractivity contribution is 7.89. The van der Waals surface area contributed by atoms with Crippen molar-refractivity contribution < 1.29 is 13.5 Å². The van der Waals surface area contributed by atoms with E-state index < -0.39 is 10.0 Å². The average molecular weight is 226 g/mol. The van der Waals surface area contributed by atoms with E-state index in [4.69, 9.17) is 0 Å². The van der Waals surface area contributed by atoms with Crippen LogP contribution >= 0.6 is 0 Å². The fraction of sp³-hybridized carbons (Fsp3) is 0.111. The minimum absolute atomic E-state index is 0.0400. The Labute approximate surface area is 86.8 Å². The van der Waals surface area contributed by atoms with Gasteiger partial charge >= 0.3 is 0 Å². The van der Waals surface area contributed by atoms with E-state index >= 15 is 0 Å². The topological polar surface area (TPSA) is 82.2 Å². The molecule has 0 atom stereocenters. The van der Waals surface area contributed by atoms with Crippen LogP contribution in [-0.2, 0) is 10.0 Å². The largest absolute Gasteiger partial charge is 0.506 e. The van der Waals surface area contributed by atoms with Crippen LogP contribution in [0.4, 0.5) is 0 Å². The van der Waals surface area contributed by atoms with Crippen LogP contribution in [0.1, 0.15) is 0 Å². The predicted octanol–water partition coefficient (Wildman–Crippen LogP) is 0.782. The first-order valence-corrected chi connectivity index (χ1v) is 5.77. The molecule has 0 amide bonds. The van der Waals surface area contributed by atoms with Gasteiger partial charge < -0.3 is 10.1 Å². The van der Waals surface area contributed by atoms with Gasteiger partial charge in [-0.1, -0.05) is 6.07 Å². The van der Waals surface area contributed by atoms with Gasteiger partial charge in [0.2, 0.25) is 10.0 Å². The number of hydrogen-bond acceptors (Lipinski definition) is 3. The summed E-state index contributed by atoms with van der Waals surface area (Å²) in [5, 5.41) is 9.92. The Balaban J connectivity index is 2.83. The molecule has 15 heavy (non-hydrogen) atoms. The van der Waals surface area contributed by atoms with Crippen molar-refractivity contribution in [2.24, 2.45) is 0 Å². The summed E-state index contributed by atoms with van der Waals surface area (Å²) in [6.45, 7) is 0. The molecule has 2 rings (SSSR count). The zero-order valence-electron chi connectivity index (χ0n) is 7.98. The highest BCUT2D eigenvalue weighted by atomic mass is 32.2. The molecule has 6 heteroatoms. The first kappa shape index (κ1) is 10.0. The van der Waals surface area contributed by atoms with Crippen molar-refractivity contribution in [3.63, 3.8) is 0 Å². The van der Waals surface area contributed by atoms with Crippen molar-refractivity contribution in [1.29, 1.82) is 0 Å². The number of sulfonamides is 1. The quantitative estimate of drug-likeness (QED) is 0.707. The van der Waals surface area contributed by atoms with Gasteiger partial charge in [0.25, 0.3) is 0 Å². The fourth-order valence-electron chi connectivity index (χ4n) is 1.45. The van der Waals surface area contributed by atoms with Gasteiger partial charge in [-0.05, 0) is 19.2 Å². The molecule has 0 radical (unpaired) electrons. The molecule has 0 aliphatic heterocycles. The minimum atomic E-state index is -3.50. The van der Waals surface area contributed by atoms with E-state index in [1.54, 1.807) is 12.1 Å². The second-order valence-electron chi connectivity index (χ2n) is 3.06. The van der Waals surface area contributed by atoms with E-state index in [-0.39, 0.29) is 10.6 Å². The van der Waals surface area contributed by atoms with Crippen LogP contribution in [0, 0.1) is 0 Å². The first-order valence-electron chi connectivity index (χ1n) is 4.29. The molecule has 1 aromatic carbocycles. The highest BCUT2D eigenvalue weighted by Crippen LogP contribution is 2.28. The van der Waals surface area contributed by atoms with Gasteiger partial charge in [-0.15, -0.1) is 0 Å². The number of H-pyrrole nitrogens is 1. The van der Waals surface area contributed by atoms with Crippen LogP contribution in [0.25, 0.3) is 10.9 Å². The van der Waals surface area contributed by atoms with Gasteiger partial charge in [0.15, 0.2) is 0 Å². The Morgan fingerprint density at radius 3 is 2.80 bits per heavy atom. The van der Waals surface area contributed by atoms with Crippen LogP contribution in [0.3, 0.4) is 0 Å². The molecule has 0 fully saturated rings. The molecule has 0 spiro atoms. The molecule has 5 nitrogen and oxygen atoms in total. The molecular formula is C9H10N2O3S. The molecular weight excluding hydrogens is 216 g/mol. The highest BCUT2D eigenvalue weighted by Gasteiger charge is 2.16. The number of aromatic nitrogens is 1. The lowest BCUT2D eigenvalue weighted by atomic mass is 10.2. The van der Waals surface area contributed by atoms with Crippen molar-refractivity contribution in [3.05, 3.63) is 24.4 Å². The van der Waals surface area contributed by atoms with E-state index in [9.17, 15) is 13.5 Å². The molecule has 1 heterocycles. The lowest BCUT2D eigenvalue weighted by molar-refractivity contribution is 0.481. The normalized spacial score (nSPS) is 12.1. The van der Waals surface area contributed by atoms with Crippen molar-refractivity contribution >= 4 is 20.9 Å². The number of aromatic hydroxyl groups is 1. The van der Waals surface area contributed by atoms with Gasteiger partial charge in [-0.3, -0.25) is 0 Å². The summed E-state index contributed by atoms with van der Waals surface area (Å²) in [6.07, 6.45) is 1.36. The van der Waals surface area contributed by atoms with Crippen LogP contribution in [0.15, 0.2) is 29.3 Å². The second-order valence-corrected chi connectivity index (χ2v) is 4.92. The number of hydrogen-bond donors (Lipinski definition) is 3. The summed E-state index contributed by atoms with van der Waals surface area (Å²) >= 11 is 0. The number of rotatable bonds is 2. The molecule has 0 saturated heterocycles. The molecule has 0 bridgehead atoms. The third kappa shape index (κ3) is 1.47. The van der Waals surface area contributed by atoms with Crippen LogP contribution < -0.4 is 4.72 Å². The summed E-state index contributed by atoms with van der Waals surface area (Å²) in [5.74, 6) is 0.0400. The molecule has 3 N–H and O–H groups in total. The Morgan fingerprint density at radius 2 is 2.13 bits per heavy atom. The van der Waals surface area contributed by atoms with Crippen LogP contribution in [0.2, 0.25) is 0 Å². The predicted molar refractivity (Wildman–Crippen MR) is 56.2 cm³/mol. The Kier molecular flexibility index (Phi) is 2.17. The lowest BCUT2D eigenvalue weighted by Gasteiger charge is -2.03. The summed E-state index contributed by atoms with van der Waals surface area (Å²) in [7, 11) is -2.16. The molecule has 1 aromatic heterocycles. The van der Waals surface area contributed by atoms with Crippen molar-refractivity contribution in [1.82, 2.24) is 9.71 Å². The first-order chi connectivity index (χ1) is 7.06. The van der Waals surface area contributed by atoms with Crippen molar-refractivity contribution in [3.8, 4) is 5.75 Å². The second kappa shape index (κ2) is 3.25. The average Bonchev–Trinajstić information content (AvgIpc) is 2.60. The van der Waals surface area contributed by atoms with Crippen LogP contribution in [0.5, 0.6) is 5.75 Å². The minimum Gasteiger partial charge on any atom is -0.506 e. The number of fused-ring (bicyclic) bond motifs is 1. The maximum atomic E-state index is 11.6. The van der Waals surface area contributed by atoms with Gasteiger partial charge in [0.1, 0.15) is 10.6 Å². The lowest BCUT2D eigenvalue weighted by Crippen LogP contribution is -2.18. The zero-order valence-corrected chi connectivity index (χ0v) is 8.80. The van der Waals surface area contributed by atoms with Crippen molar-refractivity contribution in [2.75, 3.05) is 7.05 Å². The number of benzene rings is 1. The smallest absolute Gasteiger partial charge is 0.242 e. The van der Waals surface area contributed by atoms with Gasteiger partial charge in [-0.25, -0.2) is 13.1 Å². The maximum Gasteiger partial charge on any atom is 0.242 e. The standard InChI is InChI=1S/C9H10N2O3S/c1-10-15(13,14)8-4-2-3-6-7(12)5-11-9(6)8/h2-5,10-12H,1H3. The SMILES string of the molecule is CNS(=O)(=O)c1cccc2c(O)c[nH]c12. The summed E-state index contributed by atoms with van der Waals surface area (Å²) in [4.78, 5) is 2.86. The summed E-state index contributed by atoms with van der Waals surface area (Å²) < 4.78 is 25.5. The van der Waals surface area contributed by atoms with Gasteiger partial charge in [0, 0.05) is 11.6 Å². The molecule has 80 valence electrons. The fourth-order valence-corrected chi connectivity index (χ4v) is 2.36. The van der Waals surface area contributed by atoms with Gasteiger partial charge in [0.05, 0.1) is 5.52 Å². The van der Waals surface area contributed by atoms with Crippen molar-refractivity contribution in [2.45, 2.75) is 4.90 Å². The molecule has 0 aliphatic carbocycles. The van der Waals surface area contributed by atoms with Gasteiger partial charge in [-0.2, -0.15) is 0 Å². The Bertz CT molecular complexity index is 601. The molecule has 2 aromatic rings. The van der Waals surface area contributed by atoms with Crippen LogP contribution in [-0.4, -0.2) is 25.6 Å². The third-order valence-corrected chi connectivity index (χ3v) is 3.67. The summed E-state index contributed by atoms with van der Waals surface area (Å²) in [6, 6.07) is 4.71. The molecule has 0 aliphatic rings. The van der Waals surface area contributed by atoms with E-state index in [1.807, 2.05) is 0 Å². The molecule has 0 unspecified atom stereocenters. The van der Waals surface area contributed by atoms with E-state index in [1.165, 1.54) is 19.3 Å².